The molecule has 3 aromatic rings. The summed E-state index contributed by atoms with van der Waals surface area (Å²) in [6.45, 7) is 2.16. The predicted molar refractivity (Wildman–Crippen MR) is 124 cm³/mol. The van der Waals surface area contributed by atoms with Crippen LogP contribution in [0.5, 0.6) is 0 Å². The number of sulfonamides is 1. The number of hydrogen-bond donors (Lipinski definition) is 3. The van der Waals surface area contributed by atoms with Crippen LogP contribution >= 0.6 is 0 Å². The van der Waals surface area contributed by atoms with E-state index in [9.17, 15) is 22.4 Å². The molecule has 0 aliphatic carbocycles. The molecule has 0 aromatic heterocycles. The van der Waals surface area contributed by atoms with Gasteiger partial charge in [-0.25, -0.2) is 17.5 Å². The van der Waals surface area contributed by atoms with Gasteiger partial charge in [-0.05, 0) is 48.9 Å². The Labute approximate surface area is 192 Å². The van der Waals surface area contributed by atoms with E-state index in [0.29, 0.717) is 17.8 Å². The Morgan fingerprint density at radius 2 is 1.58 bits per heavy atom. The fourth-order valence-corrected chi connectivity index (χ4v) is 4.01. The molecule has 172 valence electrons. The molecule has 0 radical (unpaired) electrons. The Kier molecular flexibility index (Phi) is 7.92. The number of aryl methyl sites for hydroxylation is 1. The van der Waals surface area contributed by atoms with Crippen LogP contribution < -0.4 is 15.4 Å². The lowest BCUT2D eigenvalue weighted by atomic mass is 10.1. The van der Waals surface area contributed by atoms with Gasteiger partial charge in [-0.2, -0.15) is 0 Å². The van der Waals surface area contributed by atoms with Gasteiger partial charge in [0.15, 0.2) is 0 Å². The second kappa shape index (κ2) is 10.8. The minimum atomic E-state index is -3.86. The summed E-state index contributed by atoms with van der Waals surface area (Å²) in [7, 11) is -3.86. The Bertz CT molecular complexity index is 1230. The summed E-state index contributed by atoms with van der Waals surface area (Å²) in [6, 6.07) is 18.7. The van der Waals surface area contributed by atoms with Crippen molar-refractivity contribution in [1.82, 2.24) is 10.0 Å². The molecule has 0 atom stereocenters. The van der Waals surface area contributed by atoms with E-state index in [0.717, 1.165) is 35.4 Å². The Morgan fingerprint density at radius 1 is 0.909 bits per heavy atom. The minimum absolute atomic E-state index is 0.0973. The first-order valence-electron chi connectivity index (χ1n) is 10.2. The van der Waals surface area contributed by atoms with Crippen LogP contribution in [0.3, 0.4) is 0 Å². The van der Waals surface area contributed by atoms with Crippen molar-refractivity contribution in [3.05, 3.63) is 95.3 Å². The molecule has 0 saturated carbocycles. The van der Waals surface area contributed by atoms with Crippen molar-refractivity contribution in [2.45, 2.75) is 24.8 Å². The van der Waals surface area contributed by atoms with Crippen LogP contribution in [0, 0.1) is 12.7 Å². The molecule has 0 aliphatic heterocycles. The van der Waals surface area contributed by atoms with Gasteiger partial charge in [-0.1, -0.05) is 42.0 Å². The van der Waals surface area contributed by atoms with Gasteiger partial charge in [-0.15, -0.1) is 0 Å². The van der Waals surface area contributed by atoms with Gasteiger partial charge in [0.05, 0.1) is 16.1 Å². The first kappa shape index (κ1) is 24.1. The lowest BCUT2D eigenvalue weighted by Crippen LogP contribution is -2.28. The third kappa shape index (κ3) is 6.96. The monoisotopic (exact) mass is 469 g/mol. The van der Waals surface area contributed by atoms with E-state index < -0.39 is 21.7 Å². The number of carbonyl (C=O) groups is 2. The number of para-hydroxylation sites is 1. The molecule has 0 saturated heterocycles. The summed E-state index contributed by atoms with van der Waals surface area (Å²) in [6.07, 6.45) is -0.153. The second-order valence-electron chi connectivity index (χ2n) is 7.36. The number of rotatable bonds is 9. The van der Waals surface area contributed by atoms with E-state index in [1.54, 1.807) is 24.3 Å². The standard InChI is InChI=1S/C24H24FN3O4S/c1-17-6-8-18(9-7-17)16-26-24(30)21-4-2-3-5-22(21)28-23(29)14-15-27-33(31,32)20-12-10-19(25)11-13-20/h2-13,27H,14-16H2,1H3,(H,26,30)(H,28,29). The zero-order chi connectivity index (χ0) is 23.8. The maximum atomic E-state index is 13.0. The van der Waals surface area contributed by atoms with Crippen LogP contribution in [0.25, 0.3) is 0 Å². The molecule has 9 heteroatoms. The number of halogens is 1. The zero-order valence-electron chi connectivity index (χ0n) is 18.0. The molecule has 3 aromatic carbocycles. The SMILES string of the molecule is Cc1ccc(CNC(=O)c2ccccc2NC(=O)CCNS(=O)(=O)c2ccc(F)cc2)cc1. The van der Waals surface area contributed by atoms with E-state index in [-0.39, 0.29) is 23.8 Å². The first-order chi connectivity index (χ1) is 15.7. The van der Waals surface area contributed by atoms with E-state index >= 15 is 0 Å². The summed E-state index contributed by atoms with van der Waals surface area (Å²) in [5.41, 5.74) is 2.69. The maximum absolute atomic E-state index is 13.0. The van der Waals surface area contributed by atoms with Crippen LogP contribution in [-0.2, 0) is 21.4 Å². The first-order valence-corrected chi connectivity index (χ1v) is 11.7. The Morgan fingerprint density at radius 3 is 2.27 bits per heavy atom. The summed E-state index contributed by atoms with van der Waals surface area (Å²) in [4.78, 5) is 24.9. The summed E-state index contributed by atoms with van der Waals surface area (Å²) in [5, 5.41) is 5.47. The summed E-state index contributed by atoms with van der Waals surface area (Å²) in [5.74, 6) is -1.35. The number of nitrogens with one attached hydrogen (secondary N) is 3. The van der Waals surface area contributed by atoms with Crippen molar-refractivity contribution in [2.24, 2.45) is 0 Å². The molecule has 33 heavy (non-hydrogen) atoms. The maximum Gasteiger partial charge on any atom is 0.253 e. The fourth-order valence-electron chi connectivity index (χ4n) is 2.98. The Balaban J connectivity index is 1.55. The molecular weight excluding hydrogens is 445 g/mol. The molecule has 0 aliphatic rings. The van der Waals surface area contributed by atoms with Gasteiger partial charge < -0.3 is 10.6 Å². The highest BCUT2D eigenvalue weighted by Gasteiger charge is 2.16. The van der Waals surface area contributed by atoms with Gasteiger partial charge in [-0.3, -0.25) is 9.59 Å². The highest BCUT2D eigenvalue weighted by molar-refractivity contribution is 7.89. The minimum Gasteiger partial charge on any atom is -0.348 e. The van der Waals surface area contributed by atoms with Crippen molar-refractivity contribution in [3.8, 4) is 0 Å². The van der Waals surface area contributed by atoms with Crippen molar-refractivity contribution < 1.29 is 22.4 Å². The quantitative estimate of drug-likeness (QED) is 0.447. The second-order valence-corrected chi connectivity index (χ2v) is 9.13. The zero-order valence-corrected chi connectivity index (χ0v) is 18.8. The number of hydrogen-bond acceptors (Lipinski definition) is 4. The largest absolute Gasteiger partial charge is 0.348 e. The molecule has 7 nitrogen and oxygen atoms in total. The van der Waals surface area contributed by atoms with Crippen LogP contribution in [0.2, 0.25) is 0 Å². The number of anilines is 1. The third-order valence-corrected chi connectivity index (χ3v) is 6.26. The van der Waals surface area contributed by atoms with Crippen molar-refractivity contribution in [1.29, 1.82) is 0 Å². The van der Waals surface area contributed by atoms with Crippen molar-refractivity contribution in [2.75, 3.05) is 11.9 Å². The fraction of sp³-hybridized carbons (Fsp3) is 0.167. The molecular formula is C24H24FN3O4S. The number of amides is 2. The van der Waals surface area contributed by atoms with Crippen molar-refractivity contribution >= 4 is 27.5 Å². The molecule has 0 unspecified atom stereocenters. The van der Waals surface area contributed by atoms with Crippen LogP contribution in [0.1, 0.15) is 27.9 Å². The molecule has 0 fully saturated rings. The molecule has 0 heterocycles. The lowest BCUT2D eigenvalue weighted by Gasteiger charge is -2.12. The van der Waals surface area contributed by atoms with Crippen molar-refractivity contribution in [3.63, 3.8) is 0 Å². The van der Waals surface area contributed by atoms with E-state index in [2.05, 4.69) is 15.4 Å². The van der Waals surface area contributed by atoms with E-state index in [1.807, 2.05) is 31.2 Å². The van der Waals surface area contributed by atoms with Gasteiger partial charge in [0.2, 0.25) is 15.9 Å². The van der Waals surface area contributed by atoms with Gasteiger partial charge in [0, 0.05) is 19.5 Å². The van der Waals surface area contributed by atoms with Gasteiger partial charge in [0.1, 0.15) is 5.82 Å². The predicted octanol–water partition coefficient (Wildman–Crippen LogP) is 3.37. The van der Waals surface area contributed by atoms with Crippen LogP contribution in [0.15, 0.2) is 77.7 Å². The molecule has 3 N–H and O–H groups in total. The number of carbonyl (C=O) groups excluding carboxylic acids is 2. The van der Waals surface area contributed by atoms with E-state index in [1.165, 1.54) is 0 Å². The number of benzene rings is 3. The topological polar surface area (TPSA) is 104 Å². The molecule has 3 rings (SSSR count). The average Bonchev–Trinajstić information content (AvgIpc) is 2.79. The normalized spacial score (nSPS) is 11.1. The molecule has 0 bridgehead atoms. The highest BCUT2D eigenvalue weighted by atomic mass is 32.2. The van der Waals surface area contributed by atoms with E-state index in [4.69, 9.17) is 0 Å². The lowest BCUT2D eigenvalue weighted by molar-refractivity contribution is -0.116. The third-order valence-electron chi connectivity index (χ3n) is 4.79. The summed E-state index contributed by atoms with van der Waals surface area (Å²) >= 11 is 0. The van der Waals surface area contributed by atoms with Crippen LogP contribution in [-0.4, -0.2) is 26.8 Å². The summed E-state index contributed by atoms with van der Waals surface area (Å²) < 4.78 is 39.7. The van der Waals surface area contributed by atoms with Gasteiger partial charge >= 0.3 is 0 Å². The van der Waals surface area contributed by atoms with Gasteiger partial charge in [0.25, 0.3) is 5.91 Å². The molecule has 2 amide bonds. The average molecular weight is 470 g/mol. The highest BCUT2D eigenvalue weighted by Crippen LogP contribution is 2.16. The van der Waals surface area contributed by atoms with Crippen LogP contribution in [0.4, 0.5) is 10.1 Å². The molecule has 0 spiro atoms. The smallest absolute Gasteiger partial charge is 0.253 e. The Hall–Kier alpha value is -3.56.